The predicted octanol–water partition coefficient (Wildman–Crippen LogP) is 0.0251. The molecule has 1 unspecified atom stereocenters. The molecule has 5 N–H and O–H groups in total. The van der Waals surface area contributed by atoms with E-state index in [1.807, 2.05) is 0 Å². The van der Waals surface area contributed by atoms with Gasteiger partial charge in [0.15, 0.2) is 0 Å². The van der Waals surface area contributed by atoms with Crippen molar-refractivity contribution in [2.75, 3.05) is 12.3 Å². The molecule has 0 radical (unpaired) electrons. The molecule has 1 fully saturated rings. The van der Waals surface area contributed by atoms with Gasteiger partial charge in [0.1, 0.15) is 12.4 Å². The van der Waals surface area contributed by atoms with Crippen LogP contribution in [0.2, 0.25) is 0 Å². The number of carbonyl (C=O) groups is 2. The van der Waals surface area contributed by atoms with Gasteiger partial charge in [0.25, 0.3) is 5.91 Å². The van der Waals surface area contributed by atoms with E-state index in [2.05, 4.69) is 5.32 Å². The van der Waals surface area contributed by atoms with Crippen LogP contribution in [0.1, 0.15) is 23.2 Å². The molecule has 6 nitrogen and oxygen atoms in total. The Labute approximate surface area is 104 Å². The van der Waals surface area contributed by atoms with Crippen molar-refractivity contribution in [2.24, 2.45) is 5.73 Å². The maximum atomic E-state index is 11.2. The van der Waals surface area contributed by atoms with Gasteiger partial charge >= 0.3 is 0 Å². The lowest BCUT2D eigenvalue weighted by atomic mass is 10.1. The van der Waals surface area contributed by atoms with Gasteiger partial charge in [0, 0.05) is 18.2 Å². The first-order chi connectivity index (χ1) is 8.56. The molecular formula is C12H15N3O3. The monoisotopic (exact) mass is 249 g/mol. The summed E-state index contributed by atoms with van der Waals surface area (Å²) in [5, 5.41) is 2.78. The van der Waals surface area contributed by atoms with E-state index >= 15 is 0 Å². The number of carbonyl (C=O) groups excluding carboxylic acids is 2. The molecule has 1 aromatic rings. The molecule has 0 saturated carbocycles. The largest absolute Gasteiger partial charge is 0.491 e. The molecule has 0 aliphatic carbocycles. The van der Waals surface area contributed by atoms with Gasteiger partial charge in [0.05, 0.1) is 11.6 Å². The van der Waals surface area contributed by atoms with Gasteiger partial charge in [-0.25, -0.2) is 0 Å². The van der Waals surface area contributed by atoms with E-state index in [-0.39, 0.29) is 17.5 Å². The molecule has 1 aliphatic heterocycles. The van der Waals surface area contributed by atoms with Crippen LogP contribution in [0.25, 0.3) is 0 Å². The first kappa shape index (κ1) is 12.2. The van der Waals surface area contributed by atoms with Crippen LogP contribution in [0.4, 0.5) is 5.69 Å². The van der Waals surface area contributed by atoms with Gasteiger partial charge in [-0.3, -0.25) is 9.59 Å². The van der Waals surface area contributed by atoms with Gasteiger partial charge in [-0.15, -0.1) is 0 Å². The van der Waals surface area contributed by atoms with Crippen molar-refractivity contribution in [1.82, 2.24) is 5.32 Å². The average molecular weight is 249 g/mol. The first-order valence-corrected chi connectivity index (χ1v) is 5.68. The number of rotatable bonds is 4. The Morgan fingerprint density at radius 2 is 2.28 bits per heavy atom. The van der Waals surface area contributed by atoms with Crippen molar-refractivity contribution in [3.05, 3.63) is 23.8 Å². The maximum Gasteiger partial charge on any atom is 0.252 e. The number of nitrogen functional groups attached to an aromatic ring is 1. The molecule has 0 bridgehead atoms. The minimum absolute atomic E-state index is 0.0197. The number of nitrogens with two attached hydrogens (primary N) is 2. The smallest absolute Gasteiger partial charge is 0.252 e. The second kappa shape index (κ2) is 4.95. The second-order valence-corrected chi connectivity index (χ2v) is 4.23. The normalized spacial score (nSPS) is 18.4. The zero-order valence-electron chi connectivity index (χ0n) is 9.81. The van der Waals surface area contributed by atoms with E-state index in [1.165, 1.54) is 6.07 Å². The van der Waals surface area contributed by atoms with Gasteiger partial charge in [0.2, 0.25) is 5.91 Å². The summed E-state index contributed by atoms with van der Waals surface area (Å²) in [6, 6.07) is 4.64. The fraction of sp³-hybridized carbons (Fsp3) is 0.333. The molecule has 1 heterocycles. The fourth-order valence-electron chi connectivity index (χ4n) is 1.85. The average Bonchev–Trinajstić information content (AvgIpc) is 2.72. The molecule has 1 atom stereocenters. The molecule has 1 saturated heterocycles. The van der Waals surface area contributed by atoms with E-state index in [9.17, 15) is 9.59 Å². The lowest BCUT2D eigenvalue weighted by Crippen LogP contribution is -2.31. The van der Waals surface area contributed by atoms with Gasteiger partial charge in [-0.2, -0.15) is 0 Å². The lowest BCUT2D eigenvalue weighted by Gasteiger charge is -2.14. The number of amides is 2. The number of primary amides is 1. The Balaban J connectivity index is 2.06. The molecule has 1 aliphatic rings. The van der Waals surface area contributed by atoms with Crippen LogP contribution in [-0.4, -0.2) is 24.5 Å². The van der Waals surface area contributed by atoms with E-state index < -0.39 is 5.91 Å². The minimum atomic E-state index is -0.569. The predicted molar refractivity (Wildman–Crippen MR) is 66.0 cm³/mol. The third kappa shape index (κ3) is 2.71. The zero-order chi connectivity index (χ0) is 13.1. The lowest BCUT2D eigenvalue weighted by molar-refractivity contribution is -0.119. The number of hydrogen-bond acceptors (Lipinski definition) is 4. The third-order valence-corrected chi connectivity index (χ3v) is 2.80. The van der Waals surface area contributed by atoms with Crippen molar-refractivity contribution in [2.45, 2.75) is 18.9 Å². The second-order valence-electron chi connectivity index (χ2n) is 4.23. The Kier molecular flexibility index (Phi) is 3.36. The SMILES string of the molecule is NC(=O)c1ccc(N)cc1OCC1CCC(=O)N1. The number of nitrogens with one attached hydrogen (secondary N) is 1. The van der Waals surface area contributed by atoms with Crippen molar-refractivity contribution in [3.8, 4) is 5.75 Å². The summed E-state index contributed by atoms with van der Waals surface area (Å²) in [5.41, 5.74) is 11.6. The minimum Gasteiger partial charge on any atom is -0.491 e. The molecular weight excluding hydrogens is 234 g/mol. The summed E-state index contributed by atoms with van der Waals surface area (Å²) in [7, 11) is 0. The van der Waals surface area contributed by atoms with Gasteiger partial charge in [-0.1, -0.05) is 0 Å². The quantitative estimate of drug-likeness (QED) is 0.654. The molecule has 0 aromatic heterocycles. The van der Waals surface area contributed by atoms with Crippen molar-refractivity contribution >= 4 is 17.5 Å². The van der Waals surface area contributed by atoms with Crippen molar-refractivity contribution < 1.29 is 14.3 Å². The Morgan fingerprint density at radius 1 is 1.50 bits per heavy atom. The summed E-state index contributed by atoms with van der Waals surface area (Å²) in [4.78, 5) is 22.2. The molecule has 1 aromatic carbocycles. The summed E-state index contributed by atoms with van der Waals surface area (Å²) in [6.07, 6.45) is 1.24. The molecule has 2 amide bonds. The van der Waals surface area contributed by atoms with E-state index in [0.29, 0.717) is 24.5 Å². The molecule has 18 heavy (non-hydrogen) atoms. The molecule has 2 rings (SSSR count). The van der Waals surface area contributed by atoms with Crippen LogP contribution in [0.15, 0.2) is 18.2 Å². The maximum absolute atomic E-state index is 11.2. The van der Waals surface area contributed by atoms with Gasteiger partial charge in [-0.05, 0) is 18.6 Å². The Bertz CT molecular complexity index is 487. The topological polar surface area (TPSA) is 107 Å². The third-order valence-electron chi connectivity index (χ3n) is 2.80. The highest BCUT2D eigenvalue weighted by atomic mass is 16.5. The molecule has 6 heteroatoms. The Hall–Kier alpha value is -2.24. The van der Waals surface area contributed by atoms with Crippen LogP contribution in [0.3, 0.4) is 0 Å². The number of anilines is 1. The van der Waals surface area contributed by atoms with E-state index in [1.54, 1.807) is 12.1 Å². The summed E-state index contributed by atoms with van der Waals surface area (Å²) in [6.45, 7) is 0.301. The highest BCUT2D eigenvalue weighted by Gasteiger charge is 2.21. The van der Waals surface area contributed by atoms with Crippen LogP contribution in [0.5, 0.6) is 5.75 Å². The van der Waals surface area contributed by atoms with E-state index in [4.69, 9.17) is 16.2 Å². The number of hydrogen-bond donors (Lipinski definition) is 3. The first-order valence-electron chi connectivity index (χ1n) is 5.68. The van der Waals surface area contributed by atoms with E-state index in [0.717, 1.165) is 6.42 Å². The van der Waals surface area contributed by atoms with Crippen molar-refractivity contribution in [1.29, 1.82) is 0 Å². The fourth-order valence-corrected chi connectivity index (χ4v) is 1.85. The number of ether oxygens (including phenoxy) is 1. The van der Waals surface area contributed by atoms with Crippen molar-refractivity contribution in [3.63, 3.8) is 0 Å². The zero-order valence-corrected chi connectivity index (χ0v) is 9.81. The number of benzene rings is 1. The van der Waals surface area contributed by atoms with Crippen LogP contribution >= 0.6 is 0 Å². The van der Waals surface area contributed by atoms with Crippen LogP contribution in [0, 0.1) is 0 Å². The van der Waals surface area contributed by atoms with Crippen LogP contribution in [-0.2, 0) is 4.79 Å². The van der Waals surface area contributed by atoms with Gasteiger partial charge < -0.3 is 21.5 Å². The van der Waals surface area contributed by atoms with Crippen LogP contribution < -0.4 is 21.5 Å². The summed E-state index contributed by atoms with van der Waals surface area (Å²) < 4.78 is 5.52. The molecule has 96 valence electrons. The Morgan fingerprint density at radius 3 is 2.89 bits per heavy atom. The standard InChI is InChI=1S/C12H15N3O3/c13-7-1-3-9(12(14)17)10(5-7)18-6-8-2-4-11(16)15-8/h1,3,5,8H,2,4,6,13H2,(H2,14,17)(H,15,16). The summed E-state index contributed by atoms with van der Waals surface area (Å²) >= 11 is 0. The summed E-state index contributed by atoms with van der Waals surface area (Å²) in [5.74, 6) is -0.199. The highest BCUT2D eigenvalue weighted by Crippen LogP contribution is 2.22. The highest BCUT2D eigenvalue weighted by molar-refractivity contribution is 5.96. The molecule has 0 spiro atoms.